The van der Waals surface area contributed by atoms with E-state index >= 15 is 0 Å². The third-order valence-corrected chi connectivity index (χ3v) is 2.63. The molecule has 3 nitrogen and oxygen atoms in total. The summed E-state index contributed by atoms with van der Waals surface area (Å²) < 4.78 is 0. The van der Waals surface area contributed by atoms with Gasteiger partial charge in [0, 0.05) is 17.2 Å². The van der Waals surface area contributed by atoms with Crippen LogP contribution in [0.3, 0.4) is 0 Å². The average Bonchev–Trinajstić information content (AvgIpc) is 2.50. The zero-order valence-corrected chi connectivity index (χ0v) is 10.1. The number of hydrogen-bond acceptors (Lipinski definition) is 3. The number of hydrogen-bond donors (Lipinski definition) is 3. The first kappa shape index (κ1) is 12.1. The van der Waals surface area contributed by atoms with Crippen LogP contribution in [0.15, 0.2) is 11.9 Å². The number of nitrogens with two attached hydrogens (primary N) is 1. The fraction of sp³-hybridized carbons (Fsp3) is 0.750. The minimum atomic E-state index is -0.0312. The molecule has 3 heteroatoms. The van der Waals surface area contributed by atoms with Gasteiger partial charge in [0.05, 0.1) is 5.82 Å². The monoisotopic (exact) mass is 209 g/mol. The van der Waals surface area contributed by atoms with Crippen LogP contribution in [-0.4, -0.2) is 11.3 Å². The van der Waals surface area contributed by atoms with Gasteiger partial charge in [-0.3, -0.25) is 0 Å². The van der Waals surface area contributed by atoms with Crippen molar-refractivity contribution in [1.29, 1.82) is 5.41 Å². The van der Waals surface area contributed by atoms with Crippen molar-refractivity contribution < 1.29 is 0 Å². The molecular weight excluding hydrogens is 186 g/mol. The highest BCUT2D eigenvalue weighted by atomic mass is 15.0. The highest BCUT2D eigenvalue weighted by Crippen LogP contribution is 2.26. The predicted octanol–water partition coefficient (Wildman–Crippen LogP) is 2.38. The normalized spacial score (nSPS) is 19.3. The standard InChI is InChI=1S/C12H23N3/c1-12(2,3)15-11(14)8-10(13)9-6-4-5-7-9/h8-9,13,15H,4-7,14H2,1-3H3/b11-8-,13-10?. The van der Waals surface area contributed by atoms with Gasteiger partial charge in [-0.05, 0) is 39.7 Å². The predicted molar refractivity (Wildman–Crippen MR) is 64.8 cm³/mol. The van der Waals surface area contributed by atoms with Crippen LogP contribution < -0.4 is 11.1 Å². The SMILES string of the molecule is CC(C)(C)N/C(N)=C\C(=N)C1CCCC1. The van der Waals surface area contributed by atoms with Crippen LogP contribution >= 0.6 is 0 Å². The fourth-order valence-corrected chi connectivity index (χ4v) is 1.99. The van der Waals surface area contributed by atoms with Gasteiger partial charge in [-0.15, -0.1) is 0 Å². The highest BCUT2D eigenvalue weighted by molar-refractivity contribution is 5.94. The Bertz CT molecular complexity index is 255. The van der Waals surface area contributed by atoms with Crippen molar-refractivity contribution in [3.8, 4) is 0 Å². The van der Waals surface area contributed by atoms with Crippen molar-refractivity contribution in [2.45, 2.75) is 52.0 Å². The highest BCUT2D eigenvalue weighted by Gasteiger charge is 2.18. The van der Waals surface area contributed by atoms with Gasteiger partial charge in [0.25, 0.3) is 0 Å². The van der Waals surface area contributed by atoms with Crippen LogP contribution in [0.25, 0.3) is 0 Å². The molecule has 0 saturated heterocycles. The van der Waals surface area contributed by atoms with E-state index in [9.17, 15) is 0 Å². The molecule has 0 spiro atoms. The lowest BCUT2D eigenvalue weighted by atomic mass is 10.0. The maximum absolute atomic E-state index is 7.93. The van der Waals surface area contributed by atoms with Gasteiger partial charge in [0.15, 0.2) is 0 Å². The van der Waals surface area contributed by atoms with Crippen LogP contribution in [0.5, 0.6) is 0 Å². The summed E-state index contributed by atoms with van der Waals surface area (Å²) in [4.78, 5) is 0. The van der Waals surface area contributed by atoms with E-state index in [-0.39, 0.29) is 5.54 Å². The molecule has 1 fully saturated rings. The summed E-state index contributed by atoms with van der Waals surface area (Å²) in [6, 6.07) is 0. The Morgan fingerprint density at radius 1 is 1.33 bits per heavy atom. The second kappa shape index (κ2) is 4.69. The third-order valence-electron chi connectivity index (χ3n) is 2.63. The Kier molecular flexibility index (Phi) is 3.77. The van der Waals surface area contributed by atoms with Crippen LogP contribution in [0.2, 0.25) is 0 Å². The molecule has 0 aromatic heterocycles. The van der Waals surface area contributed by atoms with Crippen LogP contribution in [-0.2, 0) is 0 Å². The molecule has 1 saturated carbocycles. The Hall–Kier alpha value is -0.990. The van der Waals surface area contributed by atoms with Gasteiger partial charge in [0.2, 0.25) is 0 Å². The lowest BCUT2D eigenvalue weighted by Crippen LogP contribution is -2.38. The first-order chi connectivity index (χ1) is 6.88. The Morgan fingerprint density at radius 3 is 2.33 bits per heavy atom. The summed E-state index contributed by atoms with van der Waals surface area (Å²) >= 11 is 0. The van der Waals surface area contributed by atoms with Crippen LogP contribution in [0, 0.1) is 11.3 Å². The zero-order valence-electron chi connectivity index (χ0n) is 10.1. The van der Waals surface area contributed by atoms with E-state index in [4.69, 9.17) is 11.1 Å². The molecule has 1 aliphatic carbocycles. The molecule has 0 aliphatic heterocycles. The van der Waals surface area contributed by atoms with Crippen molar-refractivity contribution >= 4 is 5.71 Å². The maximum Gasteiger partial charge on any atom is 0.0982 e. The Morgan fingerprint density at radius 2 is 1.87 bits per heavy atom. The molecule has 1 aliphatic rings. The second-order valence-corrected chi connectivity index (χ2v) is 5.41. The van der Waals surface area contributed by atoms with Gasteiger partial charge >= 0.3 is 0 Å². The molecule has 0 heterocycles. The third kappa shape index (κ3) is 4.36. The molecule has 0 bridgehead atoms. The fourth-order valence-electron chi connectivity index (χ4n) is 1.99. The summed E-state index contributed by atoms with van der Waals surface area (Å²) in [5, 5.41) is 11.1. The van der Waals surface area contributed by atoms with Gasteiger partial charge in [-0.2, -0.15) is 0 Å². The molecule has 0 amide bonds. The summed E-state index contributed by atoms with van der Waals surface area (Å²) in [5.74, 6) is 1.05. The minimum Gasteiger partial charge on any atom is -0.385 e. The van der Waals surface area contributed by atoms with Crippen molar-refractivity contribution in [2.24, 2.45) is 11.7 Å². The molecular formula is C12H23N3. The number of allylic oxidation sites excluding steroid dienone is 1. The van der Waals surface area contributed by atoms with E-state index in [1.54, 1.807) is 6.08 Å². The lowest BCUT2D eigenvalue weighted by Gasteiger charge is -2.22. The van der Waals surface area contributed by atoms with Crippen molar-refractivity contribution in [1.82, 2.24) is 5.32 Å². The van der Waals surface area contributed by atoms with Crippen LogP contribution in [0.4, 0.5) is 0 Å². The van der Waals surface area contributed by atoms with E-state index in [2.05, 4.69) is 26.1 Å². The summed E-state index contributed by atoms with van der Waals surface area (Å²) in [7, 11) is 0. The minimum absolute atomic E-state index is 0.0312. The van der Waals surface area contributed by atoms with E-state index in [0.29, 0.717) is 17.5 Å². The number of nitrogens with one attached hydrogen (secondary N) is 2. The molecule has 1 rings (SSSR count). The lowest BCUT2D eigenvalue weighted by molar-refractivity contribution is 0.470. The topological polar surface area (TPSA) is 61.9 Å². The first-order valence-corrected chi connectivity index (χ1v) is 5.72. The molecule has 15 heavy (non-hydrogen) atoms. The summed E-state index contributed by atoms with van der Waals surface area (Å²) in [5.41, 5.74) is 6.49. The summed E-state index contributed by atoms with van der Waals surface area (Å²) in [6.07, 6.45) is 6.60. The van der Waals surface area contributed by atoms with Crippen molar-refractivity contribution in [3.63, 3.8) is 0 Å². The molecule has 0 aromatic carbocycles. The second-order valence-electron chi connectivity index (χ2n) is 5.41. The first-order valence-electron chi connectivity index (χ1n) is 5.72. The quantitative estimate of drug-likeness (QED) is 0.625. The number of rotatable bonds is 3. The van der Waals surface area contributed by atoms with Crippen molar-refractivity contribution in [3.05, 3.63) is 11.9 Å². The van der Waals surface area contributed by atoms with E-state index in [1.165, 1.54) is 12.8 Å². The van der Waals surface area contributed by atoms with Gasteiger partial charge in [-0.1, -0.05) is 12.8 Å². The van der Waals surface area contributed by atoms with Gasteiger partial charge in [0.1, 0.15) is 0 Å². The summed E-state index contributed by atoms with van der Waals surface area (Å²) in [6.45, 7) is 6.19. The van der Waals surface area contributed by atoms with Gasteiger partial charge in [-0.25, -0.2) is 0 Å². The van der Waals surface area contributed by atoms with E-state index in [0.717, 1.165) is 12.8 Å². The Balaban J connectivity index is 2.50. The van der Waals surface area contributed by atoms with Crippen LogP contribution in [0.1, 0.15) is 46.5 Å². The van der Waals surface area contributed by atoms with E-state index < -0.39 is 0 Å². The molecule has 86 valence electrons. The van der Waals surface area contributed by atoms with Crippen molar-refractivity contribution in [2.75, 3.05) is 0 Å². The molecule has 0 atom stereocenters. The zero-order chi connectivity index (χ0) is 11.5. The largest absolute Gasteiger partial charge is 0.385 e. The molecule has 0 unspecified atom stereocenters. The van der Waals surface area contributed by atoms with Gasteiger partial charge < -0.3 is 16.5 Å². The molecule has 0 radical (unpaired) electrons. The smallest absolute Gasteiger partial charge is 0.0982 e. The van der Waals surface area contributed by atoms with E-state index in [1.807, 2.05) is 0 Å². The maximum atomic E-state index is 7.93. The Labute approximate surface area is 92.6 Å². The molecule has 0 aromatic rings. The average molecular weight is 209 g/mol. The molecule has 4 N–H and O–H groups in total.